The summed E-state index contributed by atoms with van der Waals surface area (Å²) in [6.07, 6.45) is 0. The van der Waals surface area contributed by atoms with Gasteiger partial charge in [0.25, 0.3) is 0 Å². The Kier molecular flexibility index (Phi) is 3.85. The second-order valence-electron chi connectivity index (χ2n) is 2.96. The Morgan fingerprint density at radius 2 is 2.00 bits per heavy atom. The molecule has 0 atom stereocenters. The minimum Gasteiger partial charge on any atom is -0.494 e. The highest BCUT2D eigenvalue weighted by atomic mass is 16.5. The van der Waals surface area contributed by atoms with Crippen LogP contribution in [0.1, 0.15) is 19.4 Å². The molecule has 1 N–H and O–H groups in total. The Labute approximate surface area is 88.2 Å². The zero-order valence-corrected chi connectivity index (χ0v) is 8.73. The number of hydrogen-bond acceptors (Lipinski definition) is 4. The summed E-state index contributed by atoms with van der Waals surface area (Å²) in [6.45, 7) is 3.84. The molecule has 0 aliphatic heterocycles. The van der Waals surface area contributed by atoms with Crippen LogP contribution in [0.15, 0.2) is 29.4 Å². The summed E-state index contributed by atoms with van der Waals surface area (Å²) in [5.74, 6) is 0.448. The topological polar surface area (TPSA) is 58.9 Å². The molecule has 0 bridgehead atoms. The maximum absolute atomic E-state index is 11.1. The fraction of sp³-hybridized carbons (Fsp3) is 0.273. The predicted octanol–water partition coefficient (Wildman–Crippen LogP) is 1.85. The van der Waals surface area contributed by atoms with Crippen LogP contribution in [0.5, 0.6) is 5.75 Å². The average Bonchev–Trinajstić information content (AvgIpc) is 2.21. The van der Waals surface area contributed by atoms with E-state index in [1.807, 2.05) is 6.92 Å². The minimum atomic E-state index is -0.276. The number of rotatable bonds is 4. The number of nitrogens with zero attached hydrogens (tertiary/aromatic N) is 1. The largest absolute Gasteiger partial charge is 0.494 e. The zero-order chi connectivity index (χ0) is 11.3. The van der Waals surface area contributed by atoms with E-state index in [2.05, 4.69) is 5.16 Å². The number of benzene rings is 1. The van der Waals surface area contributed by atoms with Gasteiger partial charge in [0, 0.05) is 12.5 Å². The van der Waals surface area contributed by atoms with Gasteiger partial charge in [0.1, 0.15) is 5.75 Å². The molecule has 0 aromatic heterocycles. The van der Waals surface area contributed by atoms with Crippen LogP contribution in [0.2, 0.25) is 0 Å². The van der Waals surface area contributed by atoms with Gasteiger partial charge in [-0.3, -0.25) is 4.79 Å². The van der Waals surface area contributed by atoms with Crippen molar-refractivity contribution in [2.75, 3.05) is 6.61 Å². The third-order valence-corrected chi connectivity index (χ3v) is 1.87. The Morgan fingerprint density at radius 3 is 2.40 bits per heavy atom. The Morgan fingerprint density at radius 1 is 1.40 bits per heavy atom. The number of oxime groups is 1. The highest BCUT2D eigenvalue weighted by Crippen LogP contribution is 2.13. The van der Waals surface area contributed by atoms with Crippen molar-refractivity contribution in [3.8, 4) is 5.75 Å². The molecule has 0 aliphatic rings. The normalized spacial score (nSPS) is 11.2. The van der Waals surface area contributed by atoms with E-state index in [1.54, 1.807) is 24.3 Å². The number of carbonyl (C=O) groups excluding carboxylic acids is 1. The molecule has 0 saturated carbocycles. The zero-order valence-electron chi connectivity index (χ0n) is 8.73. The van der Waals surface area contributed by atoms with Crippen LogP contribution in [-0.2, 0) is 4.79 Å². The maximum atomic E-state index is 11.1. The highest BCUT2D eigenvalue weighted by molar-refractivity contribution is 6.45. The van der Waals surface area contributed by atoms with Gasteiger partial charge in [-0.25, -0.2) is 0 Å². The molecule has 0 saturated heterocycles. The van der Waals surface area contributed by atoms with Crippen molar-refractivity contribution in [3.63, 3.8) is 0 Å². The van der Waals surface area contributed by atoms with Crippen LogP contribution in [0, 0.1) is 0 Å². The van der Waals surface area contributed by atoms with Crippen LogP contribution in [-0.4, -0.2) is 23.3 Å². The molecule has 0 spiro atoms. The first-order valence-corrected chi connectivity index (χ1v) is 4.65. The van der Waals surface area contributed by atoms with Gasteiger partial charge in [-0.1, -0.05) is 5.16 Å². The van der Waals surface area contributed by atoms with Crippen LogP contribution in [0.4, 0.5) is 0 Å². The van der Waals surface area contributed by atoms with Crippen molar-refractivity contribution in [1.82, 2.24) is 0 Å². The van der Waals surface area contributed by atoms with Gasteiger partial charge in [-0.2, -0.15) is 0 Å². The number of hydrogen-bond donors (Lipinski definition) is 1. The number of ether oxygens (including phenoxy) is 1. The van der Waals surface area contributed by atoms with E-state index in [4.69, 9.17) is 9.94 Å². The van der Waals surface area contributed by atoms with Crippen molar-refractivity contribution in [2.45, 2.75) is 13.8 Å². The molecule has 0 heterocycles. The van der Waals surface area contributed by atoms with Gasteiger partial charge in [0.15, 0.2) is 11.5 Å². The molecule has 1 aromatic carbocycles. The molecule has 4 heteroatoms. The summed E-state index contributed by atoms with van der Waals surface area (Å²) in [4.78, 5) is 11.1. The van der Waals surface area contributed by atoms with E-state index in [1.165, 1.54) is 6.92 Å². The molecule has 15 heavy (non-hydrogen) atoms. The molecule has 0 fully saturated rings. The van der Waals surface area contributed by atoms with Crippen LogP contribution < -0.4 is 4.74 Å². The number of ketones is 1. The first-order chi connectivity index (χ1) is 7.19. The Bertz CT molecular complexity index is 368. The van der Waals surface area contributed by atoms with E-state index < -0.39 is 0 Å². The van der Waals surface area contributed by atoms with E-state index in [-0.39, 0.29) is 11.5 Å². The fourth-order valence-corrected chi connectivity index (χ4v) is 1.21. The van der Waals surface area contributed by atoms with Crippen LogP contribution in [0.3, 0.4) is 0 Å². The molecule has 0 aliphatic carbocycles. The van der Waals surface area contributed by atoms with Crippen LogP contribution in [0.25, 0.3) is 0 Å². The van der Waals surface area contributed by atoms with Gasteiger partial charge in [0.05, 0.1) is 6.61 Å². The molecule has 80 valence electrons. The molecule has 0 amide bonds. The lowest BCUT2D eigenvalue weighted by molar-refractivity contribution is -0.111. The predicted molar refractivity (Wildman–Crippen MR) is 56.6 cm³/mol. The first-order valence-electron chi connectivity index (χ1n) is 4.65. The van der Waals surface area contributed by atoms with E-state index in [0.29, 0.717) is 12.2 Å². The van der Waals surface area contributed by atoms with Crippen molar-refractivity contribution >= 4 is 11.5 Å². The summed E-state index contributed by atoms with van der Waals surface area (Å²) in [6, 6.07) is 6.82. The third-order valence-electron chi connectivity index (χ3n) is 1.87. The van der Waals surface area contributed by atoms with Gasteiger partial charge in [0.2, 0.25) is 0 Å². The maximum Gasteiger partial charge on any atom is 0.182 e. The van der Waals surface area contributed by atoms with Crippen molar-refractivity contribution in [3.05, 3.63) is 29.8 Å². The molecular weight excluding hydrogens is 194 g/mol. The summed E-state index contributed by atoms with van der Waals surface area (Å²) in [5, 5.41) is 11.6. The molecular formula is C11H13NO3. The summed E-state index contributed by atoms with van der Waals surface area (Å²) < 4.78 is 5.25. The second-order valence-corrected chi connectivity index (χ2v) is 2.96. The first kappa shape index (κ1) is 11.2. The quantitative estimate of drug-likeness (QED) is 0.465. The lowest BCUT2D eigenvalue weighted by Gasteiger charge is -2.04. The molecule has 4 nitrogen and oxygen atoms in total. The van der Waals surface area contributed by atoms with E-state index in [0.717, 1.165) is 5.75 Å². The van der Waals surface area contributed by atoms with Gasteiger partial charge in [-0.05, 0) is 31.2 Å². The second kappa shape index (κ2) is 5.14. The van der Waals surface area contributed by atoms with Crippen molar-refractivity contribution in [2.24, 2.45) is 5.16 Å². The van der Waals surface area contributed by atoms with Crippen molar-refractivity contribution in [1.29, 1.82) is 0 Å². The lowest BCUT2D eigenvalue weighted by atomic mass is 10.1. The minimum absolute atomic E-state index is 0.0537. The van der Waals surface area contributed by atoms with Gasteiger partial charge < -0.3 is 9.94 Å². The summed E-state index contributed by atoms with van der Waals surface area (Å²) in [7, 11) is 0. The standard InChI is InChI=1S/C11H13NO3/c1-3-15-10-6-4-9(5-7-10)11(12-14)8(2)13/h4-7,14H,3H2,1-2H3. The monoisotopic (exact) mass is 207 g/mol. The number of Topliss-reactive ketones (excluding diaryl/α,β-unsaturated/α-hetero) is 1. The van der Waals surface area contributed by atoms with Crippen molar-refractivity contribution < 1.29 is 14.7 Å². The Hall–Kier alpha value is -1.84. The van der Waals surface area contributed by atoms with Gasteiger partial charge in [-0.15, -0.1) is 0 Å². The van der Waals surface area contributed by atoms with E-state index >= 15 is 0 Å². The van der Waals surface area contributed by atoms with E-state index in [9.17, 15) is 4.79 Å². The highest BCUT2D eigenvalue weighted by Gasteiger charge is 2.09. The lowest BCUT2D eigenvalue weighted by Crippen LogP contribution is -2.11. The molecule has 1 rings (SSSR count). The molecule has 1 aromatic rings. The Balaban J connectivity index is 2.92. The molecule has 0 unspecified atom stereocenters. The SMILES string of the molecule is CCOc1ccc(C(=NO)C(C)=O)cc1. The third kappa shape index (κ3) is 2.80. The average molecular weight is 207 g/mol. The summed E-state index contributed by atoms with van der Waals surface area (Å²) >= 11 is 0. The van der Waals surface area contributed by atoms with Gasteiger partial charge >= 0.3 is 0 Å². The number of carbonyl (C=O) groups is 1. The smallest absolute Gasteiger partial charge is 0.182 e. The molecule has 0 radical (unpaired) electrons. The fourth-order valence-electron chi connectivity index (χ4n) is 1.21. The summed E-state index contributed by atoms with van der Waals surface area (Å²) in [5.41, 5.74) is 0.631. The van der Waals surface area contributed by atoms with Crippen LogP contribution >= 0.6 is 0 Å².